The summed E-state index contributed by atoms with van der Waals surface area (Å²) < 4.78 is 5.04. The number of ether oxygens (including phenoxy) is 1. The molecule has 1 rings (SSSR count). The Hall–Kier alpha value is -1.86. The van der Waals surface area contributed by atoms with Crippen LogP contribution in [0.15, 0.2) is 24.3 Å². The highest BCUT2D eigenvalue weighted by Gasteiger charge is 2.17. The molecule has 1 aromatic rings. The highest BCUT2D eigenvalue weighted by Crippen LogP contribution is 2.05. The summed E-state index contributed by atoms with van der Waals surface area (Å²) in [5.74, 6) is -0.196. The van der Waals surface area contributed by atoms with Gasteiger partial charge >= 0.3 is 5.97 Å². The van der Waals surface area contributed by atoms with E-state index in [1.807, 2.05) is 26.0 Å². The minimum absolute atomic E-state index is 0.196. The average Bonchev–Trinajstić information content (AvgIpc) is 2.44. The molecule has 0 fully saturated rings. The number of nitriles is 1. The van der Waals surface area contributed by atoms with Gasteiger partial charge in [-0.25, -0.2) is 0 Å². The number of rotatable bonds is 7. The number of benzene rings is 1. The molecule has 0 saturated carbocycles. The maximum Gasteiger partial charge on any atom is 0.323 e. The third-order valence-electron chi connectivity index (χ3n) is 2.78. The molecule has 4 nitrogen and oxygen atoms in total. The fraction of sp³-hybridized carbons (Fsp3) is 0.467. The van der Waals surface area contributed by atoms with Crippen LogP contribution in [0, 0.1) is 11.3 Å². The van der Waals surface area contributed by atoms with Crippen LogP contribution in [0.1, 0.15) is 37.8 Å². The van der Waals surface area contributed by atoms with Gasteiger partial charge in [-0.15, -0.1) is 0 Å². The van der Waals surface area contributed by atoms with Gasteiger partial charge in [-0.05, 0) is 31.0 Å². The summed E-state index contributed by atoms with van der Waals surface area (Å²) in [6.45, 7) is 4.84. The molecular weight excluding hydrogens is 240 g/mol. The summed E-state index contributed by atoms with van der Waals surface area (Å²) in [6, 6.07) is 9.14. The number of hydrogen-bond acceptors (Lipinski definition) is 4. The largest absolute Gasteiger partial charge is 0.465 e. The van der Waals surface area contributed by atoms with Crippen molar-refractivity contribution in [3.8, 4) is 6.07 Å². The molecular formula is C15H20N2O2. The van der Waals surface area contributed by atoms with E-state index in [4.69, 9.17) is 10.00 Å². The minimum atomic E-state index is -0.263. The van der Waals surface area contributed by atoms with Crippen molar-refractivity contribution < 1.29 is 9.53 Å². The lowest BCUT2D eigenvalue weighted by atomic mass is 10.1. The second-order valence-corrected chi connectivity index (χ2v) is 4.28. The van der Waals surface area contributed by atoms with Gasteiger partial charge in [0.05, 0.1) is 18.2 Å². The second kappa shape index (κ2) is 8.28. The van der Waals surface area contributed by atoms with Gasteiger partial charge in [-0.3, -0.25) is 4.79 Å². The predicted molar refractivity (Wildman–Crippen MR) is 73.3 cm³/mol. The van der Waals surface area contributed by atoms with Crippen molar-refractivity contribution in [1.29, 1.82) is 5.26 Å². The number of carbonyl (C=O) groups is 1. The lowest BCUT2D eigenvalue weighted by Crippen LogP contribution is -2.37. The van der Waals surface area contributed by atoms with Gasteiger partial charge in [0.15, 0.2) is 0 Å². The van der Waals surface area contributed by atoms with Crippen LogP contribution in [0.2, 0.25) is 0 Å². The second-order valence-electron chi connectivity index (χ2n) is 4.28. The normalized spacial score (nSPS) is 11.6. The summed E-state index contributed by atoms with van der Waals surface area (Å²) >= 11 is 0. The number of nitrogens with one attached hydrogen (secondary N) is 1. The molecule has 0 spiro atoms. The third-order valence-corrected chi connectivity index (χ3v) is 2.78. The average molecular weight is 260 g/mol. The lowest BCUT2D eigenvalue weighted by molar-refractivity contribution is -0.145. The third kappa shape index (κ3) is 5.11. The molecule has 1 aromatic carbocycles. The van der Waals surface area contributed by atoms with E-state index in [-0.39, 0.29) is 12.0 Å². The Kier molecular flexibility index (Phi) is 6.62. The van der Waals surface area contributed by atoms with Crippen molar-refractivity contribution in [2.24, 2.45) is 0 Å². The van der Waals surface area contributed by atoms with Crippen LogP contribution in [0.5, 0.6) is 0 Å². The van der Waals surface area contributed by atoms with Gasteiger partial charge in [0, 0.05) is 6.54 Å². The van der Waals surface area contributed by atoms with Crippen molar-refractivity contribution in [3.63, 3.8) is 0 Å². The van der Waals surface area contributed by atoms with Crippen molar-refractivity contribution in [2.75, 3.05) is 6.61 Å². The maximum absolute atomic E-state index is 11.7. The highest BCUT2D eigenvalue weighted by atomic mass is 16.5. The van der Waals surface area contributed by atoms with E-state index in [1.165, 1.54) is 0 Å². The smallest absolute Gasteiger partial charge is 0.323 e. The Morgan fingerprint density at radius 3 is 2.58 bits per heavy atom. The zero-order valence-corrected chi connectivity index (χ0v) is 11.5. The number of esters is 1. The Bertz CT molecular complexity index is 434. The van der Waals surface area contributed by atoms with Crippen LogP contribution in [-0.4, -0.2) is 18.6 Å². The van der Waals surface area contributed by atoms with E-state index in [9.17, 15) is 4.79 Å². The topological polar surface area (TPSA) is 62.1 Å². The molecule has 1 unspecified atom stereocenters. The Morgan fingerprint density at radius 1 is 1.37 bits per heavy atom. The Morgan fingerprint density at radius 2 is 2.05 bits per heavy atom. The van der Waals surface area contributed by atoms with Gasteiger partial charge in [-0.1, -0.05) is 25.5 Å². The number of carbonyl (C=O) groups excluding carboxylic acids is 1. The van der Waals surface area contributed by atoms with Crippen LogP contribution in [0.25, 0.3) is 0 Å². The van der Waals surface area contributed by atoms with E-state index in [2.05, 4.69) is 11.4 Å². The van der Waals surface area contributed by atoms with Crippen LogP contribution in [0.4, 0.5) is 0 Å². The molecule has 4 heteroatoms. The highest BCUT2D eigenvalue weighted by molar-refractivity contribution is 5.75. The zero-order valence-electron chi connectivity index (χ0n) is 11.5. The first kappa shape index (κ1) is 15.2. The van der Waals surface area contributed by atoms with Gasteiger partial charge in [0.2, 0.25) is 0 Å². The van der Waals surface area contributed by atoms with E-state index in [0.29, 0.717) is 18.7 Å². The predicted octanol–water partition coefficient (Wildman–Crippen LogP) is 2.38. The first-order valence-electron chi connectivity index (χ1n) is 6.60. The molecule has 0 aromatic heterocycles. The molecule has 0 heterocycles. The van der Waals surface area contributed by atoms with E-state index < -0.39 is 0 Å². The molecule has 0 amide bonds. The SMILES string of the molecule is CCCC(NCc1ccc(C#N)cc1)C(=O)OCC. The van der Waals surface area contributed by atoms with Crippen molar-refractivity contribution >= 4 is 5.97 Å². The van der Waals surface area contributed by atoms with E-state index >= 15 is 0 Å². The quantitative estimate of drug-likeness (QED) is 0.765. The Labute approximate surface area is 114 Å². The van der Waals surface area contributed by atoms with Crippen molar-refractivity contribution in [3.05, 3.63) is 35.4 Å². The van der Waals surface area contributed by atoms with Crippen LogP contribution in [-0.2, 0) is 16.1 Å². The molecule has 0 aliphatic carbocycles. The molecule has 1 atom stereocenters. The first-order chi connectivity index (χ1) is 9.21. The summed E-state index contributed by atoms with van der Waals surface area (Å²) in [5.41, 5.74) is 1.68. The van der Waals surface area contributed by atoms with Crippen LogP contribution < -0.4 is 5.32 Å². The molecule has 19 heavy (non-hydrogen) atoms. The monoisotopic (exact) mass is 260 g/mol. The van der Waals surface area contributed by atoms with Crippen LogP contribution >= 0.6 is 0 Å². The fourth-order valence-corrected chi connectivity index (χ4v) is 1.77. The van der Waals surface area contributed by atoms with E-state index in [1.54, 1.807) is 12.1 Å². The van der Waals surface area contributed by atoms with Crippen molar-refractivity contribution in [1.82, 2.24) is 5.32 Å². The lowest BCUT2D eigenvalue weighted by Gasteiger charge is -2.16. The fourth-order valence-electron chi connectivity index (χ4n) is 1.77. The molecule has 0 radical (unpaired) electrons. The summed E-state index contributed by atoms with van der Waals surface area (Å²) in [6.07, 6.45) is 1.68. The van der Waals surface area contributed by atoms with Crippen LogP contribution in [0.3, 0.4) is 0 Å². The standard InChI is InChI=1S/C15H20N2O2/c1-3-5-14(15(18)19-4-2)17-11-13-8-6-12(10-16)7-9-13/h6-9,14,17H,3-5,11H2,1-2H3. The molecule has 0 bridgehead atoms. The van der Waals surface area contributed by atoms with Gasteiger partial charge < -0.3 is 10.1 Å². The number of nitrogens with zero attached hydrogens (tertiary/aromatic N) is 1. The van der Waals surface area contributed by atoms with E-state index in [0.717, 1.165) is 18.4 Å². The van der Waals surface area contributed by atoms with Gasteiger partial charge in [-0.2, -0.15) is 5.26 Å². The number of hydrogen-bond donors (Lipinski definition) is 1. The Balaban J connectivity index is 2.55. The summed E-state index contributed by atoms with van der Waals surface area (Å²) in [5, 5.41) is 11.9. The summed E-state index contributed by atoms with van der Waals surface area (Å²) in [4.78, 5) is 11.7. The maximum atomic E-state index is 11.7. The molecule has 0 saturated heterocycles. The molecule has 0 aliphatic rings. The molecule has 1 N–H and O–H groups in total. The molecule has 102 valence electrons. The van der Waals surface area contributed by atoms with Crippen molar-refractivity contribution in [2.45, 2.75) is 39.3 Å². The first-order valence-corrected chi connectivity index (χ1v) is 6.60. The van der Waals surface area contributed by atoms with Gasteiger partial charge in [0.1, 0.15) is 6.04 Å². The van der Waals surface area contributed by atoms with Gasteiger partial charge in [0.25, 0.3) is 0 Å². The summed E-state index contributed by atoms with van der Waals surface area (Å²) in [7, 11) is 0. The molecule has 0 aliphatic heterocycles. The minimum Gasteiger partial charge on any atom is -0.465 e. The zero-order chi connectivity index (χ0) is 14.1.